The van der Waals surface area contributed by atoms with E-state index in [2.05, 4.69) is 68.1 Å². The van der Waals surface area contributed by atoms with Crippen LogP contribution in [0.2, 0.25) is 0 Å². The van der Waals surface area contributed by atoms with Crippen LogP contribution in [0.5, 0.6) is 0 Å². The molecule has 1 aromatic heterocycles. The average Bonchev–Trinajstić information content (AvgIpc) is 3.72. The summed E-state index contributed by atoms with van der Waals surface area (Å²) in [5.41, 5.74) is -7.01. The number of furan rings is 1. The highest BCUT2D eigenvalue weighted by atomic mass is 16.7. The van der Waals surface area contributed by atoms with E-state index in [9.17, 15) is 15.3 Å². The first kappa shape index (κ1) is 47.5. The van der Waals surface area contributed by atoms with E-state index in [1.807, 2.05) is 6.07 Å². The smallest absolute Gasteiger partial charge is 0.339 e. The molecule has 15 aliphatic rings. The van der Waals surface area contributed by atoms with Gasteiger partial charge < -0.3 is 43.6 Å². The second kappa shape index (κ2) is 15.2. The van der Waals surface area contributed by atoms with Crippen LogP contribution in [0.25, 0.3) is 0 Å². The number of esters is 2. The largest absolute Gasteiger partial charge is 0.469 e. The third kappa shape index (κ3) is 5.15. The van der Waals surface area contributed by atoms with Crippen LogP contribution in [0.4, 0.5) is 0 Å². The van der Waals surface area contributed by atoms with Gasteiger partial charge >= 0.3 is 11.9 Å². The maximum absolute atomic E-state index is 16.9. The summed E-state index contributed by atoms with van der Waals surface area (Å²) in [6.45, 7) is 10.3. The van der Waals surface area contributed by atoms with Crippen LogP contribution in [0, 0.1) is 110 Å². The lowest BCUT2D eigenvalue weighted by atomic mass is 9.28. The first-order valence-corrected chi connectivity index (χ1v) is 29.8. The monoisotopic (exact) mass is 1030 g/mol. The molecule has 13 heteroatoms. The van der Waals surface area contributed by atoms with Crippen molar-refractivity contribution in [1.29, 1.82) is 0 Å². The number of ether oxygens (including phenoxy) is 4. The number of carbonyl (C=O) groups is 3. The highest BCUT2D eigenvalue weighted by Gasteiger charge is 3.00. The predicted molar refractivity (Wildman–Crippen MR) is 270 cm³/mol. The molecular formula is C62H78N2O11. The summed E-state index contributed by atoms with van der Waals surface area (Å²) < 4.78 is 36.4. The molecule has 24 atom stereocenters. The first-order chi connectivity index (χ1) is 36.1. The van der Waals surface area contributed by atoms with Crippen molar-refractivity contribution in [2.45, 2.75) is 177 Å². The van der Waals surface area contributed by atoms with Gasteiger partial charge in [-0.3, -0.25) is 14.9 Å². The summed E-state index contributed by atoms with van der Waals surface area (Å²) in [7, 11) is 0. The summed E-state index contributed by atoms with van der Waals surface area (Å²) in [6.07, 6.45) is 17.6. The van der Waals surface area contributed by atoms with Crippen molar-refractivity contribution in [1.82, 2.24) is 10.2 Å². The maximum atomic E-state index is 16.9. The Morgan fingerprint density at radius 2 is 1.87 bits per heavy atom. The highest BCUT2D eigenvalue weighted by Crippen LogP contribution is 2.91. The molecular weight excluding hydrogens is 949 g/mol. The van der Waals surface area contributed by atoms with Crippen LogP contribution in [0.3, 0.4) is 0 Å². The van der Waals surface area contributed by atoms with Gasteiger partial charge in [0.25, 0.3) is 0 Å². The number of hydrogen-bond acceptors (Lipinski definition) is 13. The van der Waals surface area contributed by atoms with E-state index >= 15 is 14.4 Å². The predicted octanol–water partition coefficient (Wildman–Crippen LogP) is 6.76. The summed E-state index contributed by atoms with van der Waals surface area (Å²) in [4.78, 5) is 50.4. The summed E-state index contributed by atoms with van der Waals surface area (Å²) in [5.74, 6) is 5.82. The Bertz CT molecular complexity index is 2810. The molecule has 75 heavy (non-hydrogen) atoms. The van der Waals surface area contributed by atoms with Gasteiger partial charge in [0.1, 0.15) is 29.7 Å². The van der Waals surface area contributed by atoms with Gasteiger partial charge in [-0.15, -0.1) is 0 Å². The Morgan fingerprint density at radius 1 is 1.01 bits per heavy atom. The van der Waals surface area contributed by atoms with E-state index in [-0.39, 0.29) is 72.8 Å². The van der Waals surface area contributed by atoms with Gasteiger partial charge in [0.05, 0.1) is 54.9 Å². The molecule has 8 heterocycles. The number of nitrogens with zero attached hydrogens (tertiary/aromatic N) is 1. The van der Waals surface area contributed by atoms with E-state index in [0.717, 1.165) is 96.7 Å². The number of aliphatic hydroxyl groups is 3. The molecule has 13 nitrogen and oxygen atoms in total. The van der Waals surface area contributed by atoms with Crippen LogP contribution in [0.15, 0.2) is 40.7 Å². The summed E-state index contributed by atoms with van der Waals surface area (Å²) in [5, 5.41) is 40.7. The number of hydrogen-bond donors (Lipinski definition) is 4. The molecule has 0 radical (unpaired) electrons. The standard InChI is InChI=1S/C62H78N2O11/c1-32(2)21-38-24-39-23-37-11-8-17-57(37)27-36-26-55(3)59(43-16-20-71-46(43)25-41(45(66)29-65)34-13-14-40-35(22-34)15-19-64-31-63-28-44(40)64)18-7-10-33-9-5-6-12-42(33)60(62(55)52(73-62)54(70)74-59)48(36)58-30-72-53(69)50(57)61(39,58)75-56(38,4)49(58)47(67)51(60)68/h15-16,19-20,24,32-38,40-42,44-45,48-52,63,65-66,68H,5-6,8-9,11-14,17-18,21-23,25-31H2,1-4H3/t33-,34-,35+,36-,37+,38-,40+,41-,42-,44-,45+,48+,49+,50-,51+,52+,55-,56-,57-,58+,59-,60-,61-,62+/m0/s1. The van der Waals surface area contributed by atoms with Crippen molar-refractivity contribution >= 4 is 17.7 Å². The van der Waals surface area contributed by atoms with Gasteiger partial charge in [-0.05, 0) is 154 Å². The van der Waals surface area contributed by atoms with Crippen molar-refractivity contribution in [3.8, 4) is 11.8 Å². The quantitative estimate of drug-likeness (QED) is 0.0930. The zero-order chi connectivity index (χ0) is 51.2. The lowest BCUT2D eigenvalue weighted by molar-refractivity contribution is -0.314. The van der Waals surface area contributed by atoms with E-state index in [0.29, 0.717) is 48.0 Å². The molecule has 1 aromatic rings. The molecule has 4 N–H and O–H groups in total. The van der Waals surface area contributed by atoms with Crippen LogP contribution >= 0.6 is 0 Å². The minimum Gasteiger partial charge on any atom is -0.469 e. The van der Waals surface area contributed by atoms with E-state index in [1.54, 1.807) is 6.26 Å². The average molecular weight is 1030 g/mol. The number of aliphatic hydroxyl groups excluding tert-OH is 3. The van der Waals surface area contributed by atoms with Gasteiger partial charge in [-0.25, -0.2) is 4.79 Å². The number of fused-ring (bicyclic) bond motifs is 6. The Labute approximate surface area is 441 Å². The van der Waals surface area contributed by atoms with E-state index in [1.165, 1.54) is 5.57 Å². The number of carbonyl (C=O) groups excluding carboxylic acids is 3. The van der Waals surface area contributed by atoms with E-state index in [4.69, 9.17) is 23.4 Å². The van der Waals surface area contributed by atoms with Crippen LogP contribution in [-0.2, 0) is 45.4 Å². The number of epoxide rings is 1. The molecule has 0 unspecified atom stereocenters. The first-order valence-electron chi connectivity index (χ1n) is 29.8. The van der Waals surface area contributed by atoms with Crippen molar-refractivity contribution in [3.05, 3.63) is 47.6 Å². The summed E-state index contributed by atoms with van der Waals surface area (Å²) in [6, 6.07) is 2.42. The zero-order valence-corrected chi connectivity index (χ0v) is 44.4. The van der Waals surface area contributed by atoms with Gasteiger partial charge in [0.15, 0.2) is 17.5 Å². The second-order valence-electron chi connectivity index (χ2n) is 28.5. The fourth-order valence-electron chi connectivity index (χ4n) is 24.0. The van der Waals surface area contributed by atoms with Gasteiger partial charge in [-0.1, -0.05) is 64.0 Å². The third-order valence-corrected chi connectivity index (χ3v) is 25.9. The molecule has 402 valence electrons. The normalized spacial score (nSPS) is 54.2. The number of cyclic esters (lactones) is 1. The minimum absolute atomic E-state index is 0.0291. The second-order valence-corrected chi connectivity index (χ2v) is 28.5. The third-order valence-electron chi connectivity index (χ3n) is 25.9. The molecule has 0 aromatic carbocycles. The molecule has 8 aliphatic carbocycles. The summed E-state index contributed by atoms with van der Waals surface area (Å²) >= 11 is 0. The van der Waals surface area contributed by atoms with Gasteiger partial charge in [0.2, 0.25) is 0 Å². The fourth-order valence-corrected chi connectivity index (χ4v) is 24.0. The Kier molecular flexibility index (Phi) is 9.64. The van der Waals surface area contributed by atoms with Crippen molar-refractivity contribution in [2.24, 2.45) is 98.6 Å². The molecule has 7 saturated carbocycles. The number of ketones is 1. The lowest BCUT2D eigenvalue weighted by Gasteiger charge is -2.74. The van der Waals surface area contributed by atoms with Gasteiger partial charge in [-0.2, -0.15) is 0 Å². The molecule has 0 amide bonds. The minimum atomic E-state index is -1.52. The lowest BCUT2D eigenvalue weighted by Crippen LogP contribution is -2.83. The molecule has 12 fully saturated rings. The molecule has 5 spiro atoms. The SMILES string of the molecule is CC(C)C[C@H]1C=C2C[C@H]3CCC[C@]34C[C@@H]3C[C@]5(C)[C@]67O[C@@H]6C(=O)O[C@]5(c5ccoc5C[C@@H]([C@H]5CC[C@@H]6[C@H](C=CN8CNC[C@@H]68)C5)[C@H](O)CO)CC#C[C@@H]5CCCC[C@@H]5[C@]75[C@H](O)C(=O)[C@@H]6[C@@]1(C)O[C@]21[C@H]4C(=O)OC[C@@]61[C@@H]35. The van der Waals surface area contributed by atoms with Crippen molar-refractivity contribution in [2.75, 3.05) is 26.4 Å². The topological polar surface area (TPSA) is 181 Å². The molecule has 5 saturated heterocycles. The molecule has 7 aliphatic heterocycles. The Balaban J connectivity index is 0.912. The Hall–Kier alpha value is -3.51. The number of allylic oxidation sites excluding steroid dienone is 1. The van der Waals surface area contributed by atoms with Crippen LogP contribution in [0.1, 0.15) is 135 Å². The van der Waals surface area contributed by atoms with E-state index < -0.39 is 86.1 Å². The van der Waals surface area contributed by atoms with Crippen LogP contribution in [-0.4, -0.2) is 106 Å². The zero-order valence-electron chi connectivity index (χ0n) is 44.4. The molecule has 16 rings (SSSR count). The Morgan fingerprint density at radius 3 is 2.71 bits per heavy atom. The number of Topliss-reactive ketones (excluding diaryl/α,β-unsaturated/α-hetero) is 1. The van der Waals surface area contributed by atoms with Gasteiger partial charge in [0, 0.05) is 47.2 Å². The molecule has 9 bridgehead atoms. The van der Waals surface area contributed by atoms with Crippen molar-refractivity contribution < 1.29 is 53.1 Å². The van der Waals surface area contributed by atoms with Crippen LogP contribution < -0.4 is 5.32 Å². The van der Waals surface area contributed by atoms with Crippen molar-refractivity contribution in [3.63, 3.8) is 0 Å². The highest BCUT2D eigenvalue weighted by molar-refractivity contribution is 5.94. The maximum Gasteiger partial charge on any atom is 0.339 e. The fraction of sp³-hybridized carbons (Fsp3) is 0.790. The number of nitrogens with one attached hydrogen (secondary N) is 1. The number of rotatable bonds is 8.